The summed E-state index contributed by atoms with van der Waals surface area (Å²) < 4.78 is 39.0. The largest absolute Gasteiger partial charge is 0.416 e. The van der Waals surface area contributed by atoms with E-state index in [9.17, 15) is 13.2 Å². The third-order valence-electron chi connectivity index (χ3n) is 4.87. The lowest BCUT2D eigenvalue weighted by Crippen LogP contribution is -2.46. The predicted octanol–water partition coefficient (Wildman–Crippen LogP) is 4.56. The average Bonchev–Trinajstić information content (AvgIpc) is 3.04. The van der Waals surface area contributed by atoms with Crippen molar-refractivity contribution in [3.63, 3.8) is 0 Å². The van der Waals surface area contributed by atoms with Gasteiger partial charge in [0.05, 0.1) is 5.56 Å². The normalized spacial score (nSPS) is 16.2. The molecule has 1 aliphatic heterocycles. The summed E-state index contributed by atoms with van der Waals surface area (Å²) in [7, 11) is 0. The maximum absolute atomic E-state index is 13.0. The van der Waals surface area contributed by atoms with Gasteiger partial charge in [0.25, 0.3) is 0 Å². The van der Waals surface area contributed by atoms with Gasteiger partial charge in [0, 0.05) is 49.8 Å². The van der Waals surface area contributed by atoms with Crippen LogP contribution in [0.1, 0.15) is 11.1 Å². The van der Waals surface area contributed by atoms with Gasteiger partial charge in [0.2, 0.25) is 0 Å². The first-order chi connectivity index (χ1) is 12.9. The number of nitrogens with zero attached hydrogens (tertiary/aromatic N) is 3. The molecule has 0 amide bonds. The maximum atomic E-state index is 13.0. The molecule has 1 aromatic carbocycles. The monoisotopic (exact) mass is 394 g/mol. The maximum Gasteiger partial charge on any atom is 0.416 e. The highest BCUT2D eigenvalue weighted by atomic mass is 35.5. The number of rotatable bonds is 3. The van der Waals surface area contributed by atoms with Gasteiger partial charge in [0.1, 0.15) is 11.0 Å². The average molecular weight is 395 g/mol. The van der Waals surface area contributed by atoms with Crippen LogP contribution in [0.25, 0.3) is 10.9 Å². The van der Waals surface area contributed by atoms with Gasteiger partial charge in [-0.05, 0) is 23.8 Å². The first kappa shape index (κ1) is 18.1. The lowest BCUT2D eigenvalue weighted by molar-refractivity contribution is -0.137. The summed E-state index contributed by atoms with van der Waals surface area (Å²) in [4.78, 5) is 11.5. The first-order valence-electron chi connectivity index (χ1n) is 8.67. The summed E-state index contributed by atoms with van der Waals surface area (Å²) in [6, 6.07) is 10.1. The standard InChI is InChI=1S/C19H18ClF3N4/c20-17-9-14(19(21,22)23)10-18(25-17)27-7-5-26(6-8-27)12-13-11-24-16-4-2-1-3-15(13)16/h1-4,9-11,24H,5-8,12H2. The summed E-state index contributed by atoms with van der Waals surface area (Å²) in [5, 5.41) is 1.06. The molecule has 8 heteroatoms. The SMILES string of the molecule is FC(F)(F)c1cc(Cl)nc(N2CCN(Cc3c[nH]c4ccccc34)CC2)c1. The molecule has 0 bridgehead atoms. The Morgan fingerprint density at radius 1 is 1.07 bits per heavy atom. The molecular formula is C19H18ClF3N4. The second-order valence-corrected chi connectivity index (χ2v) is 7.04. The van der Waals surface area contributed by atoms with E-state index in [1.165, 1.54) is 10.9 Å². The highest BCUT2D eigenvalue weighted by Crippen LogP contribution is 2.33. The third kappa shape index (κ3) is 3.89. The highest BCUT2D eigenvalue weighted by molar-refractivity contribution is 6.29. The Bertz CT molecular complexity index is 946. The zero-order valence-corrected chi connectivity index (χ0v) is 15.2. The van der Waals surface area contributed by atoms with Crippen LogP contribution in [0.2, 0.25) is 5.15 Å². The number of aromatic amines is 1. The number of pyridine rings is 1. The molecule has 27 heavy (non-hydrogen) atoms. The van der Waals surface area contributed by atoms with E-state index in [1.807, 2.05) is 29.3 Å². The molecule has 0 radical (unpaired) electrons. The Morgan fingerprint density at radius 2 is 1.81 bits per heavy atom. The van der Waals surface area contributed by atoms with Crippen molar-refractivity contribution in [2.75, 3.05) is 31.1 Å². The van der Waals surface area contributed by atoms with Crippen molar-refractivity contribution in [3.05, 3.63) is 58.9 Å². The van der Waals surface area contributed by atoms with Crippen LogP contribution in [-0.4, -0.2) is 41.0 Å². The molecular weight excluding hydrogens is 377 g/mol. The molecule has 0 spiro atoms. The van der Waals surface area contributed by atoms with Gasteiger partial charge < -0.3 is 9.88 Å². The van der Waals surface area contributed by atoms with E-state index in [-0.39, 0.29) is 11.0 Å². The molecule has 1 fully saturated rings. The minimum atomic E-state index is -4.43. The van der Waals surface area contributed by atoms with Gasteiger partial charge in [-0.1, -0.05) is 29.8 Å². The quantitative estimate of drug-likeness (QED) is 0.661. The van der Waals surface area contributed by atoms with E-state index < -0.39 is 11.7 Å². The number of benzene rings is 1. The molecule has 0 saturated carbocycles. The number of aromatic nitrogens is 2. The van der Waals surface area contributed by atoms with Crippen LogP contribution in [0.4, 0.5) is 19.0 Å². The van der Waals surface area contributed by atoms with E-state index in [0.717, 1.165) is 37.3 Å². The fourth-order valence-electron chi connectivity index (χ4n) is 3.45. The topological polar surface area (TPSA) is 35.2 Å². The molecule has 2 aromatic heterocycles. The Labute approximate surface area is 159 Å². The van der Waals surface area contributed by atoms with Crippen molar-refractivity contribution < 1.29 is 13.2 Å². The van der Waals surface area contributed by atoms with Crippen LogP contribution in [-0.2, 0) is 12.7 Å². The lowest BCUT2D eigenvalue weighted by atomic mass is 10.1. The van der Waals surface area contributed by atoms with E-state index in [1.54, 1.807) is 0 Å². The van der Waals surface area contributed by atoms with Crippen molar-refractivity contribution >= 4 is 28.3 Å². The van der Waals surface area contributed by atoms with Crippen molar-refractivity contribution in [3.8, 4) is 0 Å². The number of hydrogen-bond acceptors (Lipinski definition) is 3. The Balaban J connectivity index is 1.44. The van der Waals surface area contributed by atoms with Crippen molar-refractivity contribution in [2.45, 2.75) is 12.7 Å². The smallest absolute Gasteiger partial charge is 0.361 e. The Hall–Kier alpha value is -2.25. The van der Waals surface area contributed by atoms with E-state index in [2.05, 4.69) is 20.9 Å². The van der Waals surface area contributed by atoms with Gasteiger partial charge in [0.15, 0.2) is 0 Å². The van der Waals surface area contributed by atoms with Gasteiger partial charge in [-0.15, -0.1) is 0 Å². The summed E-state index contributed by atoms with van der Waals surface area (Å²) in [5.41, 5.74) is 1.56. The number of nitrogens with one attached hydrogen (secondary N) is 1. The molecule has 1 N–H and O–H groups in total. The Morgan fingerprint density at radius 3 is 2.56 bits per heavy atom. The van der Waals surface area contributed by atoms with Gasteiger partial charge in [-0.3, -0.25) is 4.90 Å². The van der Waals surface area contributed by atoms with Crippen LogP contribution < -0.4 is 4.90 Å². The molecule has 0 unspecified atom stereocenters. The van der Waals surface area contributed by atoms with Crippen molar-refractivity contribution in [1.82, 2.24) is 14.9 Å². The van der Waals surface area contributed by atoms with Gasteiger partial charge >= 0.3 is 6.18 Å². The van der Waals surface area contributed by atoms with Crippen molar-refractivity contribution in [2.24, 2.45) is 0 Å². The number of hydrogen-bond donors (Lipinski definition) is 1. The third-order valence-corrected chi connectivity index (χ3v) is 5.07. The fourth-order valence-corrected chi connectivity index (χ4v) is 3.65. The van der Waals surface area contributed by atoms with Gasteiger partial charge in [-0.2, -0.15) is 13.2 Å². The number of piperazine rings is 1. The molecule has 3 heterocycles. The molecule has 1 saturated heterocycles. The van der Waals surface area contributed by atoms with E-state index in [4.69, 9.17) is 11.6 Å². The minimum Gasteiger partial charge on any atom is -0.361 e. The summed E-state index contributed by atoms with van der Waals surface area (Å²) in [6.07, 6.45) is -2.41. The second kappa shape index (κ2) is 7.05. The van der Waals surface area contributed by atoms with Crippen molar-refractivity contribution in [1.29, 1.82) is 0 Å². The molecule has 0 aliphatic carbocycles. The summed E-state index contributed by atoms with van der Waals surface area (Å²) in [5.74, 6) is 0.279. The number of anilines is 1. The molecule has 3 aromatic rings. The minimum absolute atomic E-state index is 0.138. The predicted molar refractivity (Wildman–Crippen MR) is 100 cm³/mol. The van der Waals surface area contributed by atoms with E-state index in [0.29, 0.717) is 13.1 Å². The number of fused-ring (bicyclic) bond motifs is 1. The number of para-hydroxylation sites is 1. The summed E-state index contributed by atoms with van der Waals surface area (Å²) >= 11 is 5.80. The lowest BCUT2D eigenvalue weighted by Gasteiger charge is -2.35. The van der Waals surface area contributed by atoms with E-state index >= 15 is 0 Å². The molecule has 4 rings (SSSR count). The van der Waals surface area contributed by atoms with Crippen LogP contribution in [0.3, 0.4) is 0 Å². The summed E-state index contributed by atoms with van der Waals surface area (Å²) in [6.45, 7) is 3.50. The zero-order chi connectivity index (χ0) is 19.0. The van der Waals surface area contributed by atoms with Crippen LogP contribution in [0.15, 0.2) is 42.6 Å². The molecule has 142 valence electrons. The van der Waals surface area contributed by atoms with Gasteiger partial charge in [-0.25, -0.2) is 4.98 Å². The second-order valence-electron chi connectivity index (χ2n) is 6.66. The zero-order valence-electron chi connectivity index (χ0n) is 14.4. The first-order valence-corrected chi connectivity index (χ1v) is 9.05. The van der Waals surface area contributed by atoms with Crippen LogP contribution in [0.5, 0.6) is 0 Å². The Kier molecular flexibility index (Phi) is 4.74. The van der Waals surface area contributed by atoms with Crippen LogP contribution in [0, 0.1) is 0 Å². The van der Waals surface area contributed by atoms with Crippen LogP contribution >= 0.6 is 11.6 Å². The molecule has 0 atom stereocenters. The molecule has 4 nitrogen and oxygen atoms in total. The highest BCUT2D eigenvalue weighted by Gasteiger charge is 2.32. The number of alkyl halides is 3. The number of halogens is 4. The fraction of sp³-hybridized carbons (Fsp3) is 0.316. The number of H-pyrrole nitrogens is 1. The molecule has 1 aliphatic rings.